The van der Waals surface area contributed by atoms with E-state index in [9.17, 15) is 0 Å². The van der Waals surface area contributed by atoms with Gasteiger partial charge in [-0.1, -0.05) is 35.9 Å². The Bertz CT molecular complexity index is 463. The van der Waals surface area contributed by atoms with Crippen molar-refractivity contribution in [3.63, 3.8) is 0 Å². The predicted molar refractivity (Wildman–Crippen MR) is 66.0 cm³/mol. The molecule has 0 heterocycles. The fourth-order valence-electron chi connectivity index (χ4n) is 1.83. The molecule has 1 atom stereocenters. The number of halogens is 1. The summed E-state index contributed by atoms with van der Waals surface area (Å²) in [7, 11) is 0. The average molecular weight is 230 g/mol. The van der Waals surface area contributed by atoms with E-state index < -0.39 is 0 Å². The maximum Gasteiger partial charge on any atom is 0.0991 e. The van der Waals surface area contributed by atoms with Crippen LogP contribution in [0.5, 0.6) is 0 Å². The fourth-order valence-corrected chi connectivity index (χ4v) is 2.07. The molecule has 1 aliphatic rings. The van der Waals surface area contributed by atoms with Crippen molar-refractivity contribution < 1.29 is 0 Å². The maximum absolute atomic E-state index is 8.70. The van der Waals surface area contributed by atoms with Crippen LogP contribution >= 0.6 is 11.6 Å². The molecule has 0 fully saturated rings. The first-order chi connectivity index (χ1) is 7.79. The van der Waals surface area contributed by atoms with Crippen LogP contribution in [0.1, 0.15) is 17.5 Å². The number of hydrogen-bond acceptors (Lipinski definition) is 1. The molecule has 2 rings (SSSR count). The molecule has 1 nitrogen and oxygen atoms in total. The van der Waals surface area contributed by atoms with E-state index in [-0.39, 0.29) is 0 Å². The van der Waals surface area contributed by atoms with Crippen molar-refractivity contribution in [2.45, 2.75) is 12.8 Å². The van der Waals surface area contributed by atoms with E-state index in [0.717, 1.165) is 17.9 Å². The lowest BCUT2D eigenvalue weighted by Gasteiger charge is -2.16. The summed E-state index contributed by atoms with van der Waals surface area (Å²) in [5.41, 5.74) is 1.93. The number of benzene rings is 1. The molecule has 1 aromatic carbocycles. The van der Waals surface area contributed by atoms with Crippen LogP contribution in [-0.2, 0) is 6.42 Å². The van der Waals surface area contributed by atoms with Gasteiger partial charge < -0.3 is 0 Å². The van der Waals surface area contributed by atoms with E-state index in [1.807, 2.05) is 36.4 Å². The summed E-state index contributed by atoms with van der Waals surface area (Å²) in [6.07, 6.45) is 8.03. The fraction of sp³-hybridized carbons (Fsp3) is 0.214. The molecule has 0 amide bonds. The van der Waals surface area contributed by atoms with Crippen LogP contribution in [0.25, 0.3) is 0 Å². The standard InChI is InChI=1S/C14H12ClN/c15-14-4-2-1-3-13(14)9-11-5-7-12(10-16)8-6-11/h1-2,4-8,13H,3,9H2. The Morgan fingerprint density at radius 1 is 1.31 bits per heavy atom. The zero-order valence-corrected chi connectivity index (χ0v) is 9.61. The number of hydrogen-bond donors (Lipinski definition) is 0. The molecule has 0 radical (unpaired) electrons. The zero-order valence-electron chi connectivity index (χ0n) is 8.86. The minimum atomic E-state index is 0.389. The Morgan fingerprint density at radius 2 is 2.06 bits per heavy atom. The van der Waals surface area contributed by atoms with Gasteiger partial charge in [0.2, 0.25) is 0 Å². The summed E-state index contributed by atoms with van der Waals surface area (Å²) in [4.78, 5) is 0. The zero-order chi connectivity index (χ0) is 11.4. The molecule has 1 aromatic rings. The van der Waals surface area contributed by atoms with E-state index in [1.54, 1.807) is 0 Å². The average Bonchev–Trinajstić information content (AvgIpc) is 2.33. The van der Waals surface area contributed by atoms with Gasteiger partial charge in [-0.15, -0.1) is 0 Å². The SMILES string of the molecule is N#Cc1ccc(CC2CC=CC=C2Cl)cc1. The molecular weight excluding hydrogens is 218 g/mol. The molecule has 0 saturated carbocycles. The molecule has 1 aliphatic carbocycles. The van der Waals surface area contributed by atoms with Gasteiger partial charge >= 0.3 is 0 Å². The highest BCUT2D eigenvalue weighted by atomic mass is 35.5. The van der Waals surface area contributed by atoms with Crippen LogP contribution in [0.2, 0.25) is 0 Å². The van der Waals surface area contributed by atoms with Gasteiger partial charge in [-0.05, 0) is 36.6 Å². The number of nitriles is 1. The van der Waals surface area contributed by atoms with Gasteiger partial charge in [-0.25, -0.2) is 0 Å². The van der Waals surface area contributed by atoms with Gasteiger partial charge in [-0.2, -0.15) is 5.26 Å². The summed E-state index contributed by atoms with van der Waals surface area (Å²) in [5.74, 6) is 0.389. The van der Waals surface area contributed by atoms with Crippen molar-refractivity contribution in [2.24, 2.45) is 5.92 Å². The summed E-state index contributed by atoms with van der Waals surface area (Å²) in [6.45, 7) is 0. The van der Waals surface area contributed by atoms with Gasteiger partial charge in [0, 0.05) is 11.0 Å². The van der Waals surface area contributed by atoms with Crippen molar-refractivity contribution in [3.8, 4) is 6.07 Å². The largest absolute Gasteiger partial charge is 0.192 e. The van der Waals surface area contributed by atoms with Gasteiger partial charge in [0.05, 0.1) is 11.6 Å². The topological polar surface area (TPSA) is 23.8 Å². The van der Waals surface area contributed by atoms with E-state index >= 15 is 0 Å². The Balaban J connectivity index is 2.07. The third kappa shape index (κ3) is 2.53. The van der Waals surface area contributed by atoms with Crippen LogP contribution in [0.4, 0.5) is 0 Å². The molecule has 16 heavy (non-hydrogen) atoms. The van der Waals surface area contributed by atoms with Crippen LogP contribution < -0.4 is 0 Å². The van der Waals surface area contributed by atoms with Gasteiger partial charge in [0.1, 0.15) is 0 Å². The van der Waals surface area contributed by atoms with Gasteiger partial charge in [0.15, 0.2) is 0 Å². The van der Waals surface area contributed by atoms with Crippen molar-refractivity contribution >= 4 is 11.6 Å². The highest BCUT2D eigenvalue weighted by Gasteiger charge is 2.13. The third-order valence-electron chi connectivity index (χ3n) is 2.77. The molecule has 0 aliphatic heterocycles. The third-order valence-corrected chi connectivity index (χ3v) is 3.20. The van der Waals surface area contributed by atoms with Crippen molar-refractivity contribution in [2.75, 3.05) is 0 Å². The van der Waals surface area contributed by atoms with Crippen molar-refractivity contribution in [3.05, 3.63) is 58.7 Å². The van der Waals surface area contributed by atoms with E-state index in [1.165, 1.54) is 5.56 Å². The second-order valence-electron chi connectivity index (χ2n) is 3.93. The molecule has 0 bridgehead atoms. The minimum absolute atomic E-state index is 0.389. The quantitative estimate of drug-likeness (QED) is 0.757. The first kappa shape index (κ1) is 11.0. The molecule has 1 unspecified atom stereocenters. The lowest BCUT2D eigenvalue weighted by Crippen LogP contribution is -2.06. The predicted octanol–water partition coefficient (Wildman–Crippen LogP) is 3.80. The first-order valence-corrected chi connectivity index (χ1v) is 5.68. The van der Waals surface area contributed by atoms with Crippen LogP contribution in [0.3, 0.4) is 0 Å². The Kier molecular flexibility index (Phi) is 3.44. The Morgan fingerprint density at radius 3 is 2.69 bits per heavy atom. The lowest BCUT2D eigenvalue weighted by atomic mass is 9.92. The van der Waals surface area contributed by atoms with Gasteiger partial charge in [-0.3, -0.25) is 0 Å². The lowest BCUT2D eigenvalue weighted by molar-refractivity contribution is 0.640. The molecule has 0 aromatic heterocycles. The van der Waals surface area contributed by atoms with Crippen molar-refractivity contribution in [1.82, 2.24) is 0 Å². The van der Waals surface area contributed by atoms with Crippen LogP contribution in [0, 0.1) is 17.2 Å². The number of nitrogens with zero attached hydrogens (tertiary/aromatic N) is 1. The van der Waals surface area contributed by atoms with Crippen LogP contribution in [0.15, 0.2) is 47.5 Å². The second kappa shape index (κ2) is 5.01. The summed E-state index contributed by atoms with van der Waals surface area (Å²) in [6, 6.07) is 9.83. The monoisotopic (exact) mass is 229 g/mol. The molecule has 80 valence electrons. The molecular formula is C14H12ClN. The van der Waals surface area contributed by atoms with E-state index in [0.29, 0.717) is 11.5 Å². The first-order valence-electron chi connectivity index (χ1n) is 5.31. The molecule has 2 heteroatoms. The minimum Gasteiger partial charge on any atom is -0.192 e. The van der Waals surface area contributed by atoms with E-state index in [2.05, 4.69) is 12.1 Å². The van der Waals surface area contributed by atoms with E-state index in [4.69, 9.17) is 16.9 Å². The summed E-state index contributed by atoms with van der Waals surface area (Å²) < 4.78 is 0. The molecule has 0 saturated heterocycles. The highest BCUT2D eigenvalue weighted by molar-refractivity contribution is 6.30. The molecule has 0 spiro atoms. The Hall–Kier alpha value is -1.52. The highest BCUT2D eigenvalue weighted by Crippen LogP contribution is 2.27. The normalized spacial score (nSPS) is 19.0. The molecule has 0 N–H and O–H groups in total. The summed E-state index contributed by atoms with van der Waals surface area (Å²) >= 11 is 6.15. The van der Waals surface area contributed by atoms with Gasteiger partial charge in [0.25, 0.3) is 0 Å². The Labute approximate surface area is 101 Å². The number of allylic oxidation sites excluding steroid dienone is 4. The smallest absolute Gasteiger partial charge is 0.0991 e. The second-order valence-corrected chi connectivity index (χ2v) is 4.36. The van der Waals surface area contributed by atoms with Crippen LogP contribution in [-0.4, -0.2) is 0 Å². The van der Waals surface area contributed by atoms with Crippen molar-refractivity contribution in [1.29, 1.82) is 5.26 Å². The number of rotatable bonds is 2. The maximum atomic E-state index is 8.70. The summed E-state index contributed by atoms with van der Waals surface area (Å²) in [5, 5.41) is 9.63.